The number of fused-ring (bicyclic) bond motifs is 1. The molecule has 1 amide bonds. The minimum atomic E-state index is -1.24. The van der Waals surface area contributed by atoms with Crippen LogP contribution in [0.1, 0.15) is 10.4 Å². The third-order valence-electron chi connectivity index (χ3n) is 1.85. The SMILES string of the molecule is O=C1CSc2ccc(C(=O)[O-])cc2N1. The number of hydrogen-bond donors (Lipinski definition) is 1. The van der Waals surface area contributed by atoms with Crippen LogP contribution in [0, 0.1) is 0 Å². The number of carbonyl (C=O) groups is 2. The molecule has 1 N–H and O–H groups in total. The highest BCUT2D eigenvalue weighted by atomic mass is 32.2. The molecule has 5 heteroatoms. The smallest absolute Gasteiger partial charge is 0.234 e. The second-order valence-electron chi connectivity index (χ2n) is 2.84. The van der Waals surface area contributed by atoms with Gasteiger partial charge in [-0.15, -0.1) is 11.8 Å². The predicted octanol–water partition coefficient (Wildman–Crippen LogP) is 0.0943. The van der Waals surface area contributed by atoms with E-state index in [1.165, 1.54) is 23.9 Å². The van der Waals surface area contributed by atoms with E-state index in [1.807, 2.05) is 0 Å². The second kappa shape index (κ2) is 3.34. The van der Waals surface area contributed by atoms with Crippen LogP contribution in [-0.4, -0.2) is 17.6 Å². The topological polar surface area (TPSA) is 69.2 Å². The fourth-order valence-corrected chi connectivity index (χ4v) is 2.00. The largest absolute Gasteiger partial charge is 0.545 e. The Hall–Kier alpha value is -1.49. The van der Waals surface area contributed by atoms with Gasteiger partial charge in [0.05, 0.1) is 17.4 Å². The average Bonchev–Trinajstić information content (AvgIpc) is 2.16. The number of nitrogens with one attached hydrogen (secondary N) is 1. The number of thioether (sulfide) groups is 1. The van der Waals surface area contributed by atoms with Gasteiger partial charge in [0.1, 0.15) is 0 Å². The summed E-state index contributed by atoms with van der Waals surface area (Å²) in [5.41, 5.74) is 0.625. The van der Waals surface area contributed by atoms with Crippen molar-refractivity contribution in [1.29, 1.82) is 0 Å². The van der Waals surface area contributed by atoms with Gasteiger partial charge in [-0.3, -0.25) is 4.79 Å². The normalized spacial score (nSPS) is 14.4. The molecule has 0 bridgehead atoms. The van der Waals surface area contributed by atoms with Crippen LogP contribution >= 0.6 is 11.8 Å². The van der Waals surface area contributed by atoms with Crippen molar-refractivity contribution in [3.05, 3.63) is 23.8 Å². The van der Waals surface area contributed by atoms with Crippen molar-refractivity contribution in [2.75, 3.05) is 11.1 Å². The number of rotatable bonds is 1. The minimum absolute atomic E-state index is 0.0755. The van der Waals surface area contributed by atoms with E-state index in [4.69, 9.17) is 0 Å². The Kier molecular flexibility index (Phi) is 2.17. The molecule has 0 saturated carbocycles. The van der Waals surface area contributed by atoms with Gasteiger partial charge in [-0.05, 0) is 17.7 Å². The molecule has 1 aromatic rings. The van der Waals surface area contributed by atoms with Crippen LogP contribution < -0.4 is 10.4 Å². The molecule has 0 spiro atoms. The van der Waals surface area contributed by atoms with Crippen LogP contribution in [0.3, 0.4) is 0 Å². The summed E-state index contributed by atoms with van der Waals surface area (Å²) >= 11 is 1.39. The molecule has 0 atom stereocenters. The minimum Gasteiger partial charge on any atom is -0.545 e. The number of hydrogen-bond acceptors (Lipinski definition) is 4. The lowest BCUT2D eigenvalue weighted by Gasteiger charge is -2.17. The fourth-order valence-electron chi connectivity index (χ4n) is 1.21. The van der Waals surface area contributed by atoms with Crippen LogP contribution in [0.4, 0.5) is 5.69 Å². The number of carboxylic acid groups (broad SMARTS) is 1. The zero-order valence-electron chi connectivity index (χ0n) is 7.07. The maximum Gasteiger partial charge on any atom is 0.234 e. The molecular formula is C9H6NO3S-. The molecular weight excluding hydrogens is 202 g/mol. The van der Waals surface area contributed by atoms with E-state index in [1.54, 1.807) is 6.07 Å². The van der Waals surface area contributed by atoms with E-state index in [2.05, 4.69) is 5.32 Å². The predicted molar refractivity (Wildman–Crippen MR) is 50.1 cm³/mol. The van der Waals surface area contributed by atoms with E-state index < -0.39 is 5.97 Å². The van der Waals surface area contributed by atoms with E-state index in [0.717, 1.165) is 4.90 Å². The van der Waals surface area contributed by atoms with Crippen LogP contribution in [0.2, 0.25) is 0 Å². The first kappa shape index (κ1) is 9.08. The number of carboxylic acids is 1. The Morgan fingerprint density at radius 1 is 1.50 bits per heavy atom. The Labute approximate surface area is 84.3 Å². The Balaban J connectivity index is 2.42. The maximum atomic E-state index is 11.0. The van der Waals surface area contributed by atoms with E-state index in [0.29, 0.717) is 11.4 Å². The summed E-state index contributed by atoms with van der Waals surface area (Å²) in [5.74, 6) is -0.979. The maximum absolute atomic E-state index is 11.0. The first-order chi connectivity index (χ1) is 6.66. The monoisotopic (exact) mass is 208 g/mol. The molecule has 0 fully saturated rings. The van der Waals surface area contributed by atoms with Crippen LogP contribution in [0.5, 0.6) is 0 Å². The van der Waals surface area contributed by atoms with Crippen molar-refractivity contribution < 1.29 is 14.7 Å². The summed E-state index contributed by atoms with van der Waals surface area (Å²) < 4.78 is 0. The molecule has 0 unspecified atom stereocenters. The van der Waals surface area contributed by atoms with Crippen molar-refractivity contribution in [3.8, 4) is 0 Å². The molecule has 14 heavy (non-hydrogen) atoms. The highest BCUT2D eigenvalue weighted by Crippen LogP contribution is 2.31. The molecule has 0 radical (unpaired) electrons. The summed E-state index contributed by atoms with van der Waals surface area (Å²) in [4.78, 5) is 22.4. The Morgan fingerprint density at radius 2 is 2.29 bits per heavy atom. The van der Waals surface area contributed by atoms with Crippen molar-refractivity contribution in [2.45, 2.75) is 4.90 Å². The molecule has 1 aliphatic heterocycles. The Morgan fingerprint density at radius 3 is 3.00 bits per heavy atom. The number of carbonyl (C=O) groups excluding carboxylic acids is 2. The molecule has 1 aromatic carbocycles. The van der Waals surface area contributed by atoms with Crippen molar-refractivity contribution in [3.63, 3.8) is 0 Å². The standard InChI is InChI=1S/C9H7NO3S/c11-8-4-14-7-2-1-5(9(12)13)3-6(7)10-8/h1-3H,4H2,(H,10,11)(H,12,13)/p-1. The van der Waals surface area contributed by atoms with E-state index >= 15 is 0 Å². The first-order valence-corrected chi connectivity index (χ1v) is 4.93. The molecule has 72 valence electrons. The van der Waals surface area contributed by atoms with Crippen LogP contribution in [-0.2, 0) is 4.79 Å². The van der Waals surface area contributed by atoms with Gasteiger partial charge in [-0.25, -0.2) is 0 Å². The van der Waals surface area contributed by atoms with Crippen molar-refractivity contribution in [2.24, 2.45) is 0 Å². The summed E-state index contributed by atoms with van der Waals surface area (Å²) in [6.45, 7) is 0. The third kappa shape index (κ3) is 1.58. The lowest BCUT2D eigenvalue weighted by atomic mass is 10.2. The van der Waals surface area contributed by atoms with Crippen LogP contribution in [0.25, 0.3) is 0 Å². The molecule has 2 rings (SSSR count). The van der Waals surface area contributed by atoms with Crippen LogP contribution in [0.15, 0.2) is 23.1 Å². The number of anilines is 1. The van der Waals surface area contributed by atoms with Crippen molar-refractivity contribution in [1.82, 2.24) is 0 Å². The zero-order chi connectivity index (χ0) is 10.1. The summed E-state index contributed by atoms with van der Waals surface area (Å²) in [7, 11) is 0. The number of aromatic carboxylic acids is 1. The third-order valence-corrected chi connectivity index (χ3v) is 2.92. The van der Waals surface area contributed by atoms with Gasteiger partial charge in [0.2, 0.25) is 5.91 Å². The Bertz CT molecular complexity index is 417. The second-order valence-corrected chi connectivity index (χ2v) is 3.85. The summed E-state index contributed by atoms with van der Waals surface area (Å²) in [6, 6.07) is 4.55. The van der Waals surface area contributed by atoms with Gasteiger partial charge < -0.3 is 15.2 Å². The van der Waals surface area contributed by atoms with Crippen molar-refractivity contribution >= 4 is 29.3 Å². The summed E-state index contributed by atoms with van der Waals surface area (Å²) in [6.07, 6.45) is 0. The van der Waals surface area contributed by atoms with Gasteiger partial charge >= 0.3 is 0 Å². The average molecular weight is 208 g/mol. The van der Waals surface area contributed by atoms with Gasteiger partial charge in [-0.2, -0.15) is 0 Å². The van der Waals surface area contributed by atoms with Gasteiger partial charge in [-0.1, -0.05) is 6.07 Å². The molecule has 4 nitrogen and oxygen atoms in total. The quantitative estimate of drug-likeness (QED) is 0.710. The highest BCUT2D eigenvalue weighted by molar-refractivity contribution is 8.00. The molecule has 0 aliphatic carbocycles. The number of benzene rings is 1. The molecule has 1 aliphatic rings. The van der Waals surface area contributed by atoms with Gasteiger partial charge in [0.25, 0.3) is 0 Å². The molecule has 1 heterocycles. The molecule has 0 saturated heterocycles. The number of amides is 1. The fraction of sp³-hybridized carbons (Fsp3) is 0.111. The molecule has 0 aromatic heterocycles. The first-order valence-electron chi connectivity index (χ1n) is 3.95. The van der Waals surface area contributed by atoms with E-state index in [-0.39, 0.29) is 11.5 Å². The van der Waals surface area contributed by atoms with E-state index in [9.17, 15) is 14.7 Å². The highest BCUT2D eigenvalue weighted by Gasteiger charge is 2.15. The summed E-state index contributed by atoms with van der Waals surface area (Å²) in [5, 5.41) is 13.1. The van der Waals surface area contributed by atoms with Gasteiger partial charge in [0.15, 0.2) is 0 Å². The van der Waals surface area contributed by atoms with Gasteiger partial charge in [0, 0.05) is 4.90 Å². The lowest BCUT2D eigenvalue weighted by Crippen LogP contribution is -2.23. The zero-order valence-corrected chi connectivity index (χ0v) is 7.89. The lowest BCUT2D eigenvalue weighted by molar-refractivity contribution is -0.255.